The molecule has 78 valence electrons. The third kappa shape index (κ3) is 3.17. The minimum absolute atomic E-state index is 0.209. The van der Waals surface area contributed by atoms with Gasteiger partial charge in [0, 0.05) is 9.35 Å². The number of rotatable bonds is 5. The van der Waals surface area contributed by atoms with E-state index in [4.69, 9.17) is 5.84 Å². The van der Waals surface area contributed by atoms with Gasteiger partial charge in [0.1, 0.15) is 0 Å². The number of hydrogen-bond acceptors (Lipinski definition) is 3. The zero-order valence-corrected chi connectivity index (χ0v) is 11.6. The van der Waals surface area contributed by atoms with Crippen molar-refractivity contribution in [2.75, 3.05) is 0 Å². The second-order valence-corrected chi connectivity index (χ2v) is 6.11. The Labute approximate surface area is 105 Å². The molecule has 1 aromatic heterocycles. The summed E-state index contributed by atoms with van der Waals surface area (Å²) in [5.41, 5.74) is 2.81. The van der Waals surface area contributed by atoms with Gasteiger partial charge in [0.15, 0.2) is 0 Å². The molecular weight excluding hydrogens is 328 g/mol. The standard InChI is InChI=1S/C9H12Br2N2S/c1-2-3-4-7(13-12)8-5-6(10)9(11)14-8/h2,5,7,13H,1,3-4,12H2. The maximum Gasteiger partial charge on any atom is 0.0843 e. The summed E-state index contributed by atoms with van der Waals surface area (Å²) in [5, 5.41) is 0. The van der Waals surface area contributed by atoms with Crippen molar-refractivity contribution in [2.24, 2.45) is 5.84 Å². The van der Waals surface area contributed by atoms with Gasteiger partial charge in [-0.05, 0) is 50.8 Å². The third-order valence-corrected chi connectivity index (χ3v) is 5.24. The van der Waals surface area contributed by atoms with Crippen LogP contribution in [0.3, 0.4) is 0 Å². The molecule has 0 bridgehead atoms. The summed E-state index contributed by atoms with van der Waals surface area (Å²) >= 11 is 8.61. The Kier molecular flexibility index (Phi) is 5.33. The van der Waals surface area contributed by atoms with E-state index in [1.54, 1.807) is 11.3 Å². The lowest BCUT2D eigenvalue weighted by Crippen LogP contribution is -2.27. The molecule has 14 heavy (non-hydrogen) atoms. The fourth-order valence-electron chi connectivity index (χ4n) is 1.13. The van der Waals surface area contributed by atoms with Gasteiger partial charge in [0.2, 0.25) is 0 Å². The van der Waals surface area contributed by atoms with E-state index in [0.717, 1.165) is 21.1 Å². The average molecular weight is 340 g/mol. The largest absolute Gasteiger partial charge is 0.271 e. The normalized spacial score (nSPS) is 12.8. The fraction of sp³-hybridized carbons (Fsp3) is 0.333. The maximum atomic E-state index is 5.50. The van der Waals surface area contributed by atoms with Crippen LogP contribution in [0.4, 0.5) is 0 Å². The number of hydrazine groups is 1. The predicted molar refractivity (Wildman–Crippen MR) is 69.2 cm³/mol. The molecule has 0 radical (unpaired) electrons. The quantitative estimate of drug-likeness (QED) is 0.487. The van der Waals surface area contributed by atoms with E-state index in [-0.39, 0.29) is 6.04 Å². The van der Waals surface area contributed by atoms with E-state index in [1.165, 1.54) is 4.88 Å². The van der Waals surface area contributed by atoms with Crippen LogP contribution in [-0.2, 0) is 0 Å². The molecule has 0 fully saturated rings. The lowest BCUT2D eigenvalue weighted by atomic mass is 10.1. The van der Waals surface area contributed by atoms with Crippen LogP contribution in [0.2, 0.25) is 0 Å². The van der Waals surface area contributed by atoms with E-state index in [2.05, 4.69) is 49.9 Å². The minimum Gasteiger partial charge on any atom is -0.271 e. The zero-order valence-electron chi connectivity index (χ0n) is 7.59. The lowest BCUT2D eigenvalue weighted by Gasteiger charge is -2.12. The molecule has 0 aliphatic rings. The van der Waals surface area contributed by atoms with Crippen LogP contribution in [0.1, 0.15) is 23.8 Å². The third-order valence-electron chi connectivity index (χ3n) is 1.87. The molecular formula is C9H12Br2N2S. The van der Waals surface area contributed by atoms with Gasteiger partial charge >= 0.3 is 0 Å². The highest BCUT2D eigenvalue weighted by molar-refractivity contribution is 9.13. The van der Waals surface area contributed by atoms with Crippen LogP contribution in [-0.4, -0.2) is 0 Å². The molecule has 5 heteroatoms. The Hall–Kier alpha value is 0.320. The molecule has 1 unspecified atom stereocenters. The molecule has 0 saturated carbocycles. The SMILES string of the molecule is C=CCCC(NN)c1cc(Br)c(Br)s1. The van der Waals surface area contributed by atoms with Gasteiger partial charge < -0.3 is 0 Å². The molecule has 0 aromatic carbocycles. The number of thiophene rings is 1. The van der Waals surface area contributed by atoms with Crippen LogP contribution in [0, 0.1) is 0 Å². The molecule has 1 heterocycles. The molecule has 0 aliphatic carbocycles. The number of halogens is 2. The van der Waals surface area contributed by atoms with Gasteiger partial charge in [-0.15, -0.1) is 17.9 Å². The summed E-state index contributed by atoms with van der Waals surface area (Å²) in [5.74, 6) is 5.50. The van der Waals surface area contributed by atoms with Crippen molar-refractivity contribution in [3.05, 3.63) is 31.9 Å². The molecule has 0 amide bonds. The van der Waals surface area contributed by atoms with Gasteiger partial charge in [-0.3, -0.25) is 11.3 Å². The summed E-state index contributed by atoms with van der Waals surface area (Å²) in [6.45, 7) is 3.70. The summed E-state index contributed by atoms with van der Waals surface area (Å²) in [7, 11) is 0. The first-order valence-corrected chi connectivity index (χ1v) is 6.61. The summed E-state index contributed by atoms with van der Waals surface area (Å²) in [4.78, 5) is 1.23. The second kappa shape index (κ2) is 6.02. The van der Waals surface area contributed by atoms with Crippen molar-refractivity contribution in [1.82, 2.24) is 5.43 Å². The Morgan fingerprint density at radius 3 is 2.79 bits per heavy atom. The highest BCUT2D eigenvalue weighted by Crippen LogP contribution is 2.36. The topological polar surface area (TPSA) is 38.0 Å². The Balaban J connectivity index is 2.73. The Morgan fingerprint density at radius 2 is 2.36 bits per heavy atom. The monoisotopic (exact) mass is 338 g/mol. The number of hydrogen-bond donors (Lipinski definition) is 2. The van der Waals surface area contributed by atoms with Crippen LogP contribution < -0.4 is 11.3 Å². The van der Waals surface area contributed by atoms with Crippen LogP contribution in [0.5, 0.6) is 0 Å². The molecule has 3 N–H and O–H groups in total. The lowest BCUT2D eigenvalue weighted by molar-refractivity contribution is 0.528. The van der Waals surface area contributed by atoms with E-state index in [1.807, 2.05) is 6.08 Å². The molecule has 2 nitrogen and oxygen atoms in total. The number of nitrogens with two attached hydrogens (primary N) is 1. The van der Waals surface area contributed by atoms with Gasteiger partial charge in [0.05, 0.1) is 9.83 Å². The Morgan fingerprint density at radius 1 is 1.64 bits per heavy atom. The van der Waals surface area contributed by atoms with Crippen LogP contribution in [0.25, 0.3) is 0 Å². The first-order chi connectivity index (χ1) is 6.69. The number of allylic oxidation sites excluding steroid dienone is 1. The van der Waals surface area contributed by atoms with Crippen LogP contribution >= 0.6 is 43.2 Å². The van der Waals surface area contributed by atoms with Crippen LogP contribution in [0.15, 0.2) is 27.0 Å². The van der Waals surface area contributed by atoms with Gasteiger partial charge in [-0.2, -0.15) is 0 Å². The average Bonchev–Trinajstić information content (AvgIpc) is 2.48. The van der Waals surface area contributed by atoms with E-state index in [9.17, 15) is 0 Å². The molecule has 0 spiro atoms. The van der Waals surface area contributed by atoms with Crippen molar-refractivity contribution < 1.29 is 0 Å². The van der Waals surface area contributed by atoms with Crippen molar-refractivity contribution in [1.29, 1.82) is 0 Å². The van der Waals surface area contributed by atoms with Gasteiger partial charge in [0.25, 0.3) is 0 Å². The molecule has 0 saturated heterocycles. The summed E-state index contributed by atoms with van der Waals surface area (Å²) < 4.78 is 2.18. The maximum absolute atomic E-state index is 5.50. The van der Waals surface area contributed by atoms with Gasteiger partial charge in [-0.1, -0.05) is 6.08 Å². The second-order valence-electron chi connectivity index (χ2n) is 2.86. The zero-order chi connectivity index (χ0) is 10.6. The first-order valence-electron chi connectivity index (χ1n) is 4.20. The van der Waals surface area contributed by atoms with Crippen molar-refractivity contribution >= 4 is 43.2 Å². The molecule has 1 rings (SSSR count). The molecule has 1 atom stereocenters. The predicted octanol–water partition coefficient (Wildman–Crippen LogP) is 3.74. The summed E-state index contributed by atoms with van der Waals surface area (Å²) in [6, 6.07) is 2.29. The molecule has 0 aliphatic heterocycles. The smallest absolute Gasteiger partial charge is 0.0843 e. The van der Waals surface area contributed by atoms with Crippen molar-refractivity contribution in [3.8, 4) is 0 Å². The highest BCUT2D eigenvalue weighted by atomic mass is 79.9. The van der Waals surface area contributed by atoms with E-state index < -0.39 is 0 Å². The molecule has 1 aromatic rings. The van der Waals surface area contributed by atoms with Crippen molar-refractivity contribution in [3.63, 3.8) is 0 Å². The summed E-state index contributed by atoms with van der Waals surface area (Å²) in [6.07, 6.45) is 3.84. The fourth-order valence-corrected chi connectivity index (χ4v) is 3.31. The van der Waals surface area contributed by atoms with E-state index >= 15 is 0 Å². The van der Waals surface area contributed by atoms with Crippen molar-refractivity contribution in [2.45, 2.75) is 18.9 Å². The Bertz CT molecular complexity index is 292. The first kappa shape index (κ1) is 12.4. The van der Waals surface area contributed by atoms with Gasteiger partial charge in [-0.25, -0.2) is 0 Å². The minimum atomic E-state index is 0.209. The van der Waals surface area contributed by atoms with E-state index in [0.29, 0.717) is 0 Å². The number of nitrogens with one attached hydrogen (secondary N) is 1. The highest BCUT2D eigenvalue weighted by Gasteiger charge is 2.13.